The normalized spacial score (nSPS) is 11.8. The number of nitrogens with zero attached hydrogens (tertiary/aromatic N) is 1. The Morgan fingerprint density at radius 1 is 1.10 bits per heavy atom. The van der Waals surface area contributed by atoms with Gasteiger partial charge in [-0.3, -0.25) is 0 Å². The number of rotatable bonds is 8. The minimum absolute atomic E-state index is 0.125. The molecule has 0 saturated carbocycles. The summed E-state index contributed by atoms with van der Waals surface area (Å²) in [5, 5.41) is 0. The summed E-state index contributed by atoms with van der Waals surface area (Å²) in [6.45, 7) is 6.72. The molecule has 1 unspecified atom stereocenters. The van der Waals surface area contributed by atoms with Gasteiger partial charge in [0.1, 0.15) is 11.4 Å². The second-order valence-electron chi connectivity index (χ2n) is 5.04. The lowest BCUT2D eigenvalue weighted by molar-refractivity contribution is 0.0435. The number of hydrogen-bond acceptors (Lipinski definition) is 5. The van der Waals surface area contributed by atoms with Crippen LogP contribution < -0.4 is 0 Å². The molecule has 0 aliphatic rings. The van der Waals surface area contributed by atoms with E-state index in [-0.39, 0.29) is 11.4 Å². The molecule has 5 heteroatoms. The van der Waals surface area contributed by atoms with Crippen LogP contribution in [0.25, 0.3) is 0 Å². The maximum atomic E-state index is 11.9. The first-order valence-electron chi connectivity index (χ1n) is 7.39. The fourth-order valence-corrected chi connectivity index (χ4v) is 1.80. The van der Waals surface area contributed by atoms with Gasteiger partial charge in [-0.25, -0.2) is 14.6 Å². The highest BCUT2D eigenvalue weighted by Gasteiger charge is 2.15. The van der Waals surface area contributed by atoms with E-state index in [1.807, 2.05) is 13.8 Å². The van der Waals surface area contributed by atoms with Crippen molar-refractivity contribution in [2.75, 3.05) is 13.2 Å². The molecule has 0 fully saturated rings. The first kappa shape index (κ1) is 17.1. The SMILES string of the molecule is CCCOC(=O)c1cccc(C(=O)OCC(C)CCC)n1. The van der Waals surface area contributed by atoms with Crippen LogP contribution in [0.3, 0.4) is 0 Å². The fraction of sp³-hybridized carbons (Fsp3) is 0.562. The van der Waals surface area contributed by atoms with E-state index in [4.69, 9.17) is 9.47 Å². The van der Waals surface area contributed by atoms with Crippen LogP contribution in [-0.4, -0.2) is 30.1 Å². The molecule has 0 amide bonds. The summed E-state index contributed by atoms with van der Waals surface area (Å²) in [5.74, 6) is -0.717. The molecule has 116 valence electrons. The van der Waals surface area contributed by atoms with Gasteiger partial charge in [-0.2, -0.15) is 0 Å². The summed E-state index contributed by atoms with van der Waals surface area (Å²) >= 11 is 0. The number of hydrogen-bond donors (Lipinski definition) is 0. The van der Waals surface area contributed by atoms with Crippen LogP contribution in [0.1, 0.15) is 61.0 Å². The molecule has 0 bridgehead atoms. The Morgan fingerprint density at radius 3 is 2.29 bits per heavy atom. The standard InChI is InChI=1S/C16H23NO4/c1-4-7-12(3)11-21-16(19)14-9-6-8-13(17-14)15(18)20-10-5-2/h6,8-9,12H,4-5,7,10-11H2,1-3H3. The first-order valence-corrected chi connectivity index (χ1v) is 7.39. The average Bonchev–Trinajstić information content (AvgIpc) is 2.50. The number of carbonyl (C=O) groups excluding carboxylic acids is 2. The second kappa shape index (κ2) is 9.10. The lowest BCUT2D eigenvalue weighted by Gasteiger charge is -2.10. The fourth-order valence-electron chi connectivity index (χ4n) is 1.80. The molecular weight excluding hydrogens is 270 g/mol. The lowest BCUT2D eigenvalue weighted by atomic mass is 10.1. The van der Waals surface area contributed by atoms with E-state index in [1.165, 1.54) is 12.1 Å². The van der Waals surface area contributed by atoms with Crippen molar-refractivity contribution in [3.63, 3.8) is 0 Å². The summed E-state index contributed by atoms with van der Waals surface area (Å²) in [6, 6.07) is 4.65. The molecule has 0 N–H and O–H groups in total. The summed E-state index contributed by atoms with van der Waals surface area (Å²) < 4.78 is 10.2. The van der Waals surface area contributed by atoms with Crippen LogP contribution in [0, 0.1) is 5.92 Å². The Labute approximate surface area is 125 Å². The zero-order chi connectivity index (χ0) is 15.7. The first-order chi connectivity index (χ1) is 10.1. The summed E-state index contributed by atoms with van der Waals surface area (Å²) in [4.78, 5) is 27.6. The molecule has 1 aromatic heterocycles. The maximum absolute atomic E-state index is 11.9. The van der Waals surface area contributed by atoms with Gasteiger partial charge in [0.15, 0.2) is 0 Å². The van der Waals surface area contributed by atoms with Crippen molar-refractivity contribution < 1.29 is 19.1 Å². The van der Waals surface area contributed by atoms with Crippen molar-refractivity contribution in [2.24, 2.45) is 5.92 Å². The van der Waals surface area contributed by atoms with Crippen LogP contribution >= 0.6 is 0 Å². The molecule has 0 aromatic carbocycles. The van der Waals surface area contributed by atoms with E-state index in [9.17, 15) is 9.59 Å². The van der Waals surface area contributed by atoms with E-state index in [0.29, 0.717) is 19.1 Å². The molecule has 1 heterocycles. The number of esters is 2. The third-order valence-corrected chi connectivity index (χ3v) is 2.89. The minimum atomic E-state index is -0.522. The number of pyridine rings is 1. The maximum Gasteiger partial charge on any atom is 0.356 e. The molecule has 1 atom stereocenters. The Hall–Kier alpha value is -1.91. The van der Waals surface area contributed by atoms with E-state index < -0.39 is 11.9 Å². The van der Waals surface area contributed by atoms with Crippen molar-refractivity contribution in [1.29, 1.82) is 0 Å². The molecule has 0 aliphatic carbocycles. The van der Waals surface area contributed by atoms with Crippen molar-refractivity contribution in [1.82, 2.24) is 4.98 Å². The zero-order valence-corrected chi connectivity index (χ0v) is 12.9. The zero-order valence-electron chi connectivity index (χ0n) is 12.9. The molecule has 0 saturated heterocycles. The Bertz CT molecular complexity index is 473. The van der Waals surface area contributed by atoms with Crippen LogP contribution in [0.5, 0.6) is 0 Å². The number of carbonyl (C=O) groups is 2. The second-order valence-corrected chi connectivity index (χ2v) is 5.04. The molecule has 0 aliphatic heterocycles. The molecule has 1 rings (SSSR count). The Balaban J connectivity index is 2.62. The molecular formula is C16H23NO4. The van der Waals surface area contributed by atoms with Gasteiger partial charge in [0.2, 0.25) is 0 Å². The van der Waals surface area contributed by atoms with Crippen LogP contribution in [0.4, 0.5) is 0 Å². The highest BCUT2D eigenvalue weighted by molar-refractivity contribution is 5.91. The highest BCUT2D eigenvalue weighted by atomic mass is 16.5. The monoisotopic (exact) mass is 293 g/mol. The summed E-state index contributed by atoms with van der Waals surface area (Å²) in [5.41, 5.74) is 0.254. The van der Waals surface area contributed by atoms with E-state index in [0.717, 1.165) is 19.3 Å². The summed E-state index contributed by atoms with van der Waals surface area (Å²) in [6.07, 6.45) is 2.79. The average molecular weight is 293 g/mol. The number of ether oxygens (including phenoxy) is 2. The Kier molecular flexibility index (Phi) is 7.43. The summed E-state index contributed by atoms with van der Waals surface area (Å²) in [7, 11) is 0. The minimum Gasteiger partial charge on any atom is -0.461 e. The Morgan fingerprint density at radius 2 is 1.71 bits per heavy atom. The van der Waals surface area contributed by atoms with Crippen molar-refractivity contribution in [2.45, 2.75) is 40.0 Å². The van der Waals surface area contributed by atoms with Gasteiger partial charge >= 0.3 is 11.9 Å². The van der Waals surface area contributed by atoms with Gasteiger partial charge in [0.25, 0.3) is 0 Å². The highest BCUT2D eigenvalue weighted by Crippen LogP contribution is 2.08. The van der Waals surface area contributed by atoms with Gasteiger partial charge in [0.05, 0.1) is 13.2 Å². The quantitative estimate of drug-likeness (QED) is 0.688. The van der Waals surface area contributed by atoms with Crippen molar-refractivity contribution >= 4 is 11.9 Å². The smallest absolute Gasteiger partial charge is 0.356 e. The molecule has 0 radical (unpaired) electrons. The molecule has 1 aromatic rings. The predicted molar refractivity (Wildman–Crippen MR) is 79.2 cm³/mol. The van der Waals surface area contributed by atoms with Gasteiger partial charge < -0.3 is 9.47 Å². The molecule has 0 spiro atoms. The van der Waals surface area contributed by atoms with Gasteiger partial charge in [-0.1, -0.05) is 33.3 Å². The third kappa shape index (κ3) is 5.94. The van der Waals surface area contributed by atoms with Crippen LogP contribution in [-0.2, 0) is 9.47 Å². The third-order valence-electron chi connectivity index (χ3n) is 2.89. The molecule has 21 heavy (non-hydrogen) atoms. The topological polar surface area (TPSA) is 65.5 Å². The largest absolute Gasteiger partial charge is 0.461 e. The van der Waals surface area contributed by atoms with Crippen LogP contribution in [0.2, 0.25) is 0 Å². The van der Waals surface area contributed by atoms with Gasteiger partial charge in [-0.05, 0) is 30.9 Å². The van der Waals surface area contributed by atoms with E-state index in [1.54, 1.807) is 6.07 Å². The number of aromatic nitrogens is 1. The van der Waals surface area contributed by atoms with Crippen molar-refractivity contribution in [3.05, 3.63) is 29.6 Å². The van der Waals surface area contributed by atoms with Gasteiger partial charge in [-0.15, -0.1) is 0 Å². The van der Waals surface area contributed by atoms with E-state index >= 15 is 0 Å². The van der Waals surface area contributed by atoms with Crippen LogP contribution in [0.15, 0.2) is 18.2 Å². The predicted octanol–water partition coefficient (Wildman–Crippen LogP) is 3.24. The lowest BCUT2D eigenvalue weighted by Crippen LogP contribution is -2.15. The van der Waals surface area contributed by atoms with E-state index in [2.05, 4.69) is 11.9 Å². The van der Waals surface area contributed by atoms with Gasteiger partial charge in [0, 0.05) is 0 Å². The molecule has 5 nitrogen and oxygen atoms in total. The van der Waals surface area contributed by atoms with Crippen molar-refractivity contribution in [3.8, 4) is 0 Å².